The molecular weight excluding hydrogens is 831 g/mol. The van der Waals surface area contributed by atoms with Gasteiger partial charge in [0.15, 0.2) is 0 Å². The number of benzene rings is 3. The van der Waals surface area contributed by atoms with Gasteiger partial charge in [0.2, 0.25) is 12.1 Å². The van der Waals surface area contributed by atoms with Crippen molar-refractivity contribution in [2.24, 2.45) is 22.9 Å². The topological polar surface area (TPSA) is 190 Å². The van der Waals surface area contributed by atoms with Crippen LogP contribution >= 0.6 is 0 Å². The molecule has 2 aliphatic carbocycles. The Hall–Kier alpha value is -5.40. The summed E-state index contributed by atoms with van der Waals surface area (Å²) in [5, 5.41) is 44.1. The van der Waals surface area contributed by atoms with Gasteiger partial charge in [0.25, 0.3) is 5.91 Å². The minimum atomic E-state index is -1.54. The quantitative estimate of drug-likeness (QED) is 0.0369. The number of unbranched alkanes of at least 4 members (excludes halogenated alkanes) is 2. The minimum Gasteiger partial charge on any atom is -0.459 e. The third kappa shape index (κ3) is 11.0. The molecule has 0 aromatic heterocycles. The Morgan fingerprint density at radius 3 is 2.49 bits per heavy atom. The Labute approximate surface area is 381 Å². The van der Waals surface area contributed by atoms with E-state index < -0.39 is 24.0 Å². The van der Waals surface area contributed by atoms with Crippen molar-refractivity contribution in [3.8, 4) is 23.3 Å². The molecule has 7 atom stereocenters. The fraction of sp³-hybridized carbons (Fsp3) is 0.490. The van der Waals surface area contributed by atoms with Crippen molar-refractivity contribution in [3.63, 3.8) is 0 Å². The summed E-state index contributed by atoms with van der Waals surface area (Å²) in [6, 6.07) is 20.4. The largest absolute Gasteiger partial charge is 0.459 e. The van der Waals surface area contributed by atoms with Gasteiger partial charge in [-0.1, -0.05) is 42.3 Å². The average molecular weight is 892 g/mol. The molecular formula is C51H61N3O11. The molecule has 346 valence electrons. The van der Waals surface area contributed by atoms with Gasteiger partial charge in [-0.05, 0) is 111 Å². The van der Waals surface area contributed by atoms with E-state index in [9.17, 15) is 25.4 Å². The maximum atomic E-state index is 15.1. The molecule has 2 heterocycles. The van der Waals surface area contributed by atoms with Gasteiger partial charge in [0.05, 0.1) is 56.3 Å². The van der Waals surface area contributed by atoms with Crippen LogP contribution in [0, 0.1) is 29.1 Å². The monoisotopic (exact) mass is 891 g/mol. The molecule has 14 heteroatoms. The molecule has 1 amide bonds. The van der Waals surface area contributed by atoms with Crippen LogP contribution in [0.4, 0.5) is 0 Å². The summed E-state index contributed by atoms with van der Waals surface area (Å²) in [5.74, 6) is -1.23. The molecule has 7 rings (SSSR count). The van der Waals surface area contributed by atoms with Gasteiger partial charge in [-0.2, -0.15) is 5.26 Å². The van der Waals surface area contributed by atoms with Gasteiger partial charge in [0, 0.05) is 55.2 Å². The molecule has 2 fully saturated rings. The predicted octanol–water partition coefficient (Wildman–Crippen LogP) is 7.47. The number of fused-ring (bicyclic) bond motifs is 2. The molecule has 0 bridgehead atoms. The molecule has 2 aliphatic heterocycles. The van der Waals surface area contributed by atoms with Crippen molar-refractivity contribution < 1.29 is 53.4 Å². The summed E-state index contributed by atoms with van der Waals surface area (Å²) in [4.78, 5) is 34.8. The number of aliphatic hydroxyl groups is 3. The smallest absolute Gasteiger partial charge is 0.254 e. The predicted molar refractivity (Wildman–Crippen MR) is 242 cm³/mol. The Kier molecular flexibility index (Phi) is 17.0. The lowest BCUT2D eigenvalue weighted by Crippen LogP contribution is -2.70. The number of amides is 1. The molecule has 1 saturated carbocycles. The van der Waals surface area contributed by atoms with E-state index in [0.29, 0.717) is 65.5 Å². The first-order valence-corrected chi connectivity index (χ1v) is 23.0. The van der Waals surface area contributed by atoms with Crippen LogP contribution < -0.4 is 9.47 Å². The summed E-state index contributed by atoms with van der Waals surface area (Å²) < 4.78 is 32.7. The number of aliphatic hydroxyl groups excluding tert-OH is 3. The Balaban J connectivity index is 1.45. The zero-order valence-corrected chi connectivity index (χ0v) is 36.9. The third-order valence-electron chi connectivity index (χ3n) is 12.9. The second-order valence-corrected chi connectivity index (χ2v) is 17.0. The minimum absolute atomic E-state index is 0.00402. The first-order valence-electron chi connectivity index (χ1n) is 23.0. The maximum absolute atomic E-state index is 15.1. The Morgan fingerprint density at radius 2 is 1.77 bits per heavy atom. The summed E-state index contributed by atoms with van der Waals surface area (Å²) in [6.07, 6.45) is 11.1. The van der Waals surface area contributed by atoms with Crippen molar-refractivity contribution in [1.29, 1.82) is 5.26 Å². The highest BCUT2D eigenvalue weighted by molar-refractivity contribution is 6.03. The van der Waals surface area contributed by atoms with E-state index in [4.69, 9.17) is 33.7 Å². The fourth-order valence-corrected chi connectivity index (χ4v) is 10.00. The summed E-state index contributed by atoms with van der Waals surface area (Å²) in [6.45, 7) is 4.83. The van der Waals surface area contributed by atoms with Crippen molar-refractivity contribution in [1.82, 2.24) is 4.90 Å². The van der Waals surface area contributed by atoms with E-state index >= 15 is 4.79 Å². The number of nitrogens with zero attached hydrogens (tertiary/aromatic N) is 3. The standard InChI is InChI=1S/C51H61N3O11/c1-2-25-62-51-46(54(21-27-60-28-24-57)50(59)37-17-15-35(33-52)16-18-37)32-44(53-65-47-14-5-8-26-61-47)42-30-38(11-3-6-22-55)41(13-4-7-23-56)48(49(42)51)43-31-40(19-20-45(43)64-51)63-39-12-9-10-36(29-39)34-58/h2,9-10,12,15-20,29-31,34,38,41,46-49,55-57H,1,3-8,11,13-14,21-28,32H2/t38-,41+,46-,47?,48+,49+,51+/m0/s1. The number of hydrogen-bond acceptors (Lipinski definition) is 13. The van der Waals surface area contributed by atoms with Crippen LogP contribution in [-0.4, -0.2) is 109 Å². The lowest BCUT2D eigenvalue weighted by Gasteiger charge is -2.60. The highest BCUT2D eigenvalue weighted by Crippen LogP contribution is 2.62. The van der Waals surface area contributed by atoms with Crippen molar-refractivity contribution in [2.45, 2.75) is 88.2 Å². The zero-order valence-electron chi connectivity index (χ0n) is 36.9. The molecule has 0 spiro atoms. The zero-order chi connectivity index (χ0) is 45.6. The van der Waals surface area contributed by atoms with Crippen LogP contribution in [0.2, 0.25) is 0 Å². The molecule has 3 aromatic rings. The number of hydrogen-bond donors (Lipinski definition) is 3. The highest BCUT2D eigenvalue weighted by Gasteiger charge is 2.65. The highest BCUT2D eigenvalue weighted by atomic mass is 16.8. The van der Waals surface area contributed by atoms with Gasteiger partial charge in [-0.3, -0.25) is 9.59 Å². The number of ether oxygens (including phenoxy) is 5. The van der Waals surface area contributed by atoms with E-state index in [1.54, 1.807) is 59.5 Å². The Bertz CT molecular complexity index is 2180. The van der Waals surface area contributed by atoms with Crippen LogP contribution in [0.1, 0.15) is 102 Å². The van der Waals surface area contributed by atoms with Gasteiger partial charge in [-0.15, -0.1) is 6.58 Å². The van der Waals surface area contributed by atoms with Gasteiger partial charge in [0.1, 0.15) is 29.6 Å². The molecule has 1 saturated heterocycles. The molecule has 4 aliphatic rings. The van der Waals surface area contributed by atoms with E-state index in [2.05, 4.69) is 18.7 Å². The van der Waals surface area contributed by atoms with Crippen LogP contribution in [0.5, 0.6) is 17.2 Å². The lowest BCUT2D eigenvalue weighted by molar-refractivity contribution is -0.255. The number of carbonyl (C=O) groups is 2. The number of aldehydes is 1. The second kappa shape index (κ2) is 23.2. The van der Waals surface area contributed by atoms with Crippen LogP contribution in [0.3, 0.4) is 0 Å². The fourth-order valence-electron chi connectivity index (χ4n) is 10.00. The molecule has 3 aromatic carbocycles. The average Bonchev–Trinajstić information content (AvgIpc) is 3.34. The first kappa shape index (κ1) is 47.6. The molecule has 0 radical (unpaired) electrons. The van der Waals surface area contributed by atoms with Gasteiger partial charge < -0.3 is 48.7 Å². The molecule has 14 nitrogen and oxygen atoms in total. The van der Waals surface area contributed by atoms with E-state index in [1.807, 2.05) is 18.2 Å². The summed E-state index contributed by atoms with van der Waals surface area (Å²) >= 11 is 0. The Morgan fingerprint density at radius 1 is 0.969 bits per heavy atom. The van der Waals surface area contributed by atoms with Crippen LogP contribution in [-0.2, 0) is 19.0 Å². The molecule has 65 heavy (non-hydrogen) atoms. The van der Waals surface area contributed by atoms with E-state index in [-0.39, 0.29) is 76.3 Å². The lowest BCUT2D eigenvalue weighted by atomic mass is 9.55. The van der Waals surface area contributed by atoms with E-state index in [1.165, 1.54) is 0 Å². The SMILES string of the molecule is C=CCO[C@@]12Oc3ccc(Oc4cccc(C=O)c4)cc3[C@H]3[C@H](CCCCO)[C@@H](CCCCO)C=C(C(=NOC4CCCCO4)C[C@@H]1N(CCOCCO)C(=O)c1ccc(C#N)cc1)[C@H]32. The van der Waals surface area contributed by atoms with Crippen molar-refractivity contribution in [3.05, 3.63) is 113 Å². The number of oxime groups is 1. The van der Waals surface area contributed by atoms with Gasteiger partial charge >= 0.3 is 0 Å². The second-order valence-electron chi connectivity index (χ2n) is 17.0. The third-order valence-corrected chi connectivity index (χ3v) is 12.9. The number of allylic oxidation sites excluding steroid dienone is 1. The maximum Gasteiger partial charge on any atom is 0.254 e. The first-order chi connectivity index (χ1) is 31.9. The van der Waals surface area contributed by atoms with E-state index in [0.717, 1.165) is 55.9 Å². The number of carbonyl (C=O) groups excluding carboxylic acids is 2. The van der Waals surface area contributed by atoms with Crippen molar-refractivity contribution in [2.75, 3.05) is 52.8 Å². The van der Waals surface area contributed by atoms with Gasteiger partial charge in [-0.25, -0.2) is 0 Å². The molecule has 3 N–H and O–H groups in total. The summed E-state index contributed by atoms with van der Waals surface area (Å²) in [5.41, 5.74) is 3.60. The normalized spacial score (nSPS) is 25.0. The van der Waals surface area contributed by atoms with Crippen LogP contribution in [0.15, 0.2) is 96.2 Å². The number of nitriles is 1. The summed E-state index contributed by atoms with van der Waals surface area (Å²) in [7, 11) is 0. The van der Waals surface area contributed by atoms with Crippen LogP contribution in [0.25, 0.3) is 0 Å². The molecule has 1 unspecified atom stereocenters. The number of rotatable bonds is 23. The van der Waals surface area contributed by atoms with Crippen molar-refractivity contribution >= 4 is 17.9 Å².